The first-order valence-electron chi connectivity index (χ1n) is 5.34. The fraction of sp³-hybridized carbons (Fsp3) is 1.00. The molecule has 0 spiro atoms. The SMILES string of the molecule is CC.CC(C)CC(C)C(C)(C)C. The van der Waals surface area contributed by atoms with E-state index in [1.165, 1.54) is 6.42 Å². The Morgan fingerprint density at radius 1 is 0.917 bits per heavy atom. The van der Waals surface area contributed by atoms with Gasteiger partial charge in [0.05, 0.1) is 0 Å². The van der Waals surface area contributed by atoms with Gasteiger partial charge in [0.1, 0.15) is 0 Å². The smallest absolute Gasteiger partial charge is 0.0357 e. The van der Waals surface area contributed by atoms with Crippen LogP contribution in [0.3, 0.4) is 0 Å². The predicted molar refractivity (Wildman–Crippen MR) is 59.4 cm³/mol. The van der Waals surface area contributed by atoms with Crippen molar-refractivity contribution in [3.63, 3.8) is 0 Å². The highest BCUT2D eigenvalue weighted by Gasteiger charge is 2.20. The summed E-state index contributed by atoms with van der Waals surface area (Å²) in [5.74, 6) is 1.68. The normalized spacial score (nSPS) is 13.8. The maximum absolute atomic E-state index is 2.35. The van der Waals surface area contributed by atoms with Crippen LogP contribution >= 0.6 is 0 Å². The molecular weight excluding hydrogens is 144 g/mol. The van der Waals surface area contributed by atoms with Crippen LogP contribution in [0, 0.1) is 17.3 Å². The molecule has 0 heteroatoms. The second-order valence-electron chi connectivity index (χ2n) is 4.90. The zero-order valence-corrected chi connectivity index (χ0v) is 10.4. The van der Waals surface area contributed by atoms with E-state index in [1.807, 2.05) is 13.8 Å². The summed E-state index contributed by atoms with van der Waals surface area (Å²) < 4.78 is 0. The van der Waals surface area contributed by atoms with Crippen LogP contribution in [-0.4, -0.2) is 0 Å². The van der Waals surface area contributed by atoms with Crippen LogP contribution in [0.15, 0.2) is 0 Å². The lowest BCUT2D eigenvalue weighted by Crippen LogP contribution is -2.18. The summed E-state index contributed by atoms with van der Waals surface area (Å²) in [6, 6.07) is 0. The molecule has 0 aromatic rings. The topological polar surface area (TPSA) is 0 Å². The number of hydrogen-bond acceptors (Lipinski definition) is 0. The summed E-state index contributed by atoms with van der Waals surface area (Å²) in [5, 5.41) is 0. The van der Waals surface area contributed by atoms with Gasteiger partial charge in [0.2, 0.25) is 0 Å². The van der Waals surface area contributed by atoms with E-state index in [1.54, 1.807) is 0 Å². The van der Waals surface area contributed by atoms with E-state index in [0.717, 1.165) is 11.8 Å². The molecule has 1 unspecified atom stereocenters. The monoisotopic (exact) mass is 172 g/mol. The van der Waals surface area contributed by atoms with Crippen molar-refractivity contribution in [3.8, 4) is 0 Å². The van der Waals surface area contributed by atoms with Crippen molar-refractivity contribution in [2.24, 2.45) is 17.3 Å². The molecule has 0 fully saturated rings. The molecule has 0 bridgehead atoms. The Morgan fingerprint density at radius 2 is 1.25 bits per heavy atom. The Balaban J connectivity index is 0. The average molecular weight is 172 g/mol. The van der Waals surface area contributed by atoms with Gasteiger partial charge in [-0.25, -0.2) is 0 Å². The lowest BCUT2D eigenvalue weighted by atomic mass is 9.78. The second kappa shape index (κ2) is 6.51. The minimum Gasteiger partial charge on any atom is -0.0683 e. The number of rotatable bonds is 2. The molecule has 0 aliphatic carbocycles. The van der Waals surface area contributed by atoms with Crippen LogP contribution in [0.5, 0.6) is 0 Å². The van der Waals surface area contributed by atoms with E-state index in [9.17, 15) is 0 Å². The summed E-state index contributed by atoms with van der Waals surface area (Å²) in [6.45, 7) is 17.9. The molecule has 0 nitrogen and oxygen atoms in total. The molecule has 0 aromatic heterocycles. The highest BCUT2D eigenvalue weighted by atomic mass is 14.3. The van der Waals surface area contributed by atoms with Gasteiger partial charge in [-0.05, 0) is 23.7 Å². The molecular formula is C12H28. The zero-order chi connectivity index (χ0) is 10.4. The van der Waals surface area contributed by atoms with Crippen molar-refractivity contribution < 1.29 is 0 Å². The van der Waals surface area contributed by atoms with Crippen molar-refractivity contribution in [1.29, 1.82) is 0 Å². The summed E-state index contributed by atoms with van der Waals surface area (Å²) in [7, 11) is 0. The van der Waals surface area contributed by atoms with Crippen LogP contribution < -0.4 is 0 Å². The molecule has 0 saturated heterocycles. The molecule has 0 aliphatic rings. The van der Waals surface area contributed by atoms with Crippen molar-refractivity contribution in [2.75, 3.05) is 0 Å². The van der Waals surface area contributed by atoms with E-state index in [4.69, 9.17) is 0 Å². The molecule has 0 saturated carbocycles. The van der Waals surface area contributed by atoms with E-state index in [-0.39, 0.29) is 0 Å². The van der Waals surface area contributed by atoms with Gasteiger partial charge in [-0.15, -0.1) is 0 Å². The third-order valence-electron chi connectivity index (χ3n) is 2.30. The summed E-state index contributed by atoms with van der Waals surface area (Å²) in [6.07, 6.45) is 1.35. The third-order valence-corrected chi connectivity index (χ3v) is 2.30. The minimum atomic E-state index is 0.490. The van der Waals surface area contributed by atoms with Crippen LogP contribution in [0.1, 0.15) is 61.8 Å². The fourth-order valence-electron chi connectivity index (χ4n) is 1.06. The van der Waals surface area contributed by atoms with Crippen molar-refractivity contribution >= 4 is 0 Å². The highest BCUT2D eigenvalue weighted by Crippen LogP contribution is 2.30. The summed E-state index contributed by atoms with van der Waals surface area (Å²) in [5.41, 5.74) is 0.490. The maximum Gasteiger partial charge on any atom is -0.0357 e. The Morgan fingerprint density at radius 3 is 1.33 bits per heavy atom. The minimum absolute atomic E-state index is 0.490. The standard InChI is InChI=1S/C10H22.C2H6/c1-8(2)7-9(3)10(4,5)6;1-2/h8-9H,7H2,1-6H3;1-2H3. The molecule has 12 heavy (non-hydrogen) atoms. The lowest BCUT2D eigenvalue weighted by molar-refractivity contribution is 0.224. The van der Waals surface area contributed by atoms with Gasteiger partial charge >= 0.3 is 0 Å². The quantitative estimate of drug-likeness (QED) is 0.564. The maximum atomic E-state index is 2.35. The molecule has 0 amide bonds. The first kappa shape index (κ1) is 14.5. The highest BCUT2D eigenvalue weighted by molar-refractivity contribution is 4.70. The zero-order valence-electron chi connectivity index (χ0n) is 10.4. The Labute approximate surface area is 79.8 Å². The molecule has 0 heterocycles. The van der Waals surface area contributed by atoms with Crippen LogP contribution in [0.4, 0.5) is 0 Å². The van der Waals surface area contributed by atoms with Crippen molar-refractivity contribution in [3.05, 3.63) is 0 Å². The molecule has 0 radical (unpaired) electrons. The van der Waals surface area contributed by atoms with Gasteiger partial charge in [-0.1, -0.05) is 55.4 Å². The van der Waals surface area contributed by atoms with Crippen molar-refractivity contribution in [1.82, 2.24) is 0 Å². The van der Waals surface area contributed by atoms with Gasteiger partial charge in [0.15, 0.2) is 0 Å². The second-order valence-corrected chi connectivity index (χ2v) is 4.90. The number of hydrogen-bond donors (Lipinski definition) is 0. The van der Waals surface area contributed by atoms with E-state index in [2.05, 4.69) is 41.5 Å². The summed E-state index contributed by atoms with van der Waals surface area (Å²) in [4.78, 5) is 0. The van der Waals surface area contributed by atoms with Crippen LogP contribution in [0.2, 0.25) is 0 Å². The van der Waals surface area contributed by atoms with Gasteiger partial charge in [-0.2, -0.15) is 0 Å². The molecule has 0 N–H and O–H groups in total. The molecule has 0 rings (SSSR count). The van der Waals surface area contributed by atoms with Gasteiger partial charge < -0.3 is 0 Å². The van der Waals surface area contributed by atoms with Gasteiger partial charge in [0.25, 0.3) is 0 Å². The average Bonchev–Trinajstić information content (AvgIpc) is 1.88. The van der Waals surface area contributed by atoms with Gasteiger partial charge in [-0.3, -0.25) is 0 Å². The Hall–Kier alpha value is 0. The van der Waals surface area contributed by atoms with Crippen LogP contribution in [0.25, 0.3) is 0 Å². The Bertz CT molecular complexity index is 84.7. The molecule has 76 valence electrons. The molecule has 0 aliphatic heterocycles. The van der Waals surface area contributed by atoms with E-state index < -0.39 is 0 Å². The predicted octanol–water partition coefficient (Wildman–Crippen LogP) is 4.74. The Kier molecular flexibility index (Phi) is 7.88. The molecule has 1 atom stereocenters. The van der Waals surface area contributed by atoms with E-state index >= 15 is 0 Å². The first-order valence-corrected chi connectivity index (χ1v) is 5.34. The fourth-order valence-corrected chi connectivity index (χ4v) is 1.06. The molecule has 0 aromatic carbocycles. The van der Waals surface area contributed by atoms with E-state index in [0.29, 0.717) is 5.41 Å². The van der Waals surface area contributed by atoms with Crippen LogP contribution in [-0.2, 0) is 0 Å². The first-order chi connectivity index (χ1) is 5.34. The van der Waals surface area contributed by atoms with Crippen molar-refractivity contribution in [2.45, 2.75) is 61.8 Å². The lowest BCUT2D eigenvalue weighted by Gasteiger charge is -2.28. The summed E-state index contributed by atoms with van der Waals surface area (Å²) >= 11 is 0. The largest absolute Gasteiger partial charge is 0.0683 e. The van der Waals surface area contributed by atoms with Gasteiger partial charge in [0, 0.05) is 0 Å². The third kappa shape index (κ3) is 8.10.